The molecule has 1 aromatic carbocycles. The van der Waals surface area contributed by atoms with Crippen LogP contribution in [0.1, 0.15) is 26.2 Å². The predicted octanol–water partition coefficient (Wildman–Crippen LogP) is 2.19. The van der Waals surface area contributed by atoms with E-state index >= 15 is 0 Å². The Bertz CT molecular complexity index is 833. The van der Waals surface area contributed by atoms with Gasteiger partial charge < -0.3 is 4.74 Å². The SMILES string of the molecule is CCOc1ccc(Br)cc1S(=O)(=O)N(C1CC1)C1CCS(=O)(=O)C1. The number of hydrogen-bond acceptors (Lipinski definition) is 5. The van der Waals surface area contributed by atoms with E-state index in [-0.39, 0.29) is 22.4 Å². The van der Waals surface area contributed by atoms with Crippen LogP contribution in [0.4, 0.5) is 0 Å². The average Bonchev–Trinajstić information content (AvgIpc) is 3.25. The summed E-state index contributed by atoms with van der Waals surface area (Å²) in [5.41, 5.74) is 0. The minimum Gasteiger partial charge on any atom is -0.492 e. The first-order valence-corrected chi connectivity index (χ1v) is 12.0. The normalized spacial score (nSPS) is 23.5. The van der Waals surface area contributed by atoms with Crippen LogP contribution in [0, 0.1) is 0 Å². The summed E-state index contributed by atoms with van der Waals surface area (Å²) in [4.78, 5) is 0.0925. The lowest BCUT2D eigenvalue weighted by Crippen LogP contribution is -2.42. The van der Waals surface area contributed by atoms with Gasteiger partial charge in [-0.15, -0.1) is 0 Å². The highest BCUT2D eigenvalue weighted by atomic mass is 79.9. The third kappa shape index (κ3) is 3.63. The van der Waals surface area contributed by atoms with Gasteiger partial charge in [0, 0.05) is 16.6 Å². The summed E-state index contributed by atoms with van der Waals surface area (Å²) in [5.74, 6) is 0.251. The molecule has 0 spiro atoms. The summed E-state index contributed by atoms with van der Waals surface area (Å²) < 4.78 is 57.8. The fraction of sp³-hybridized carbons (Fsp3) is 0.600. The molecule has 1 heterocycles. The third-order valence-corrected chi connectivity index (χ3v) is 8.51. The van der Waals surface area contributed by atoms with Gasteiger partial charge in [0.1, 0.15) is 10.6 Å². The van der Waals surface area contributed by atoms with Crippen LogP contribution in [-0.2, 0) is 19.9 Å². The Morgan fingerprint density at radius 3 is 2.50 bits per heavy atom. The van der Waals surface area contributed by atoms with Crippen molar-refractivity contribution in [2.45, 2.75) is 43.2 Å². The molecular formula is C15H20BrNO5S2. The van der Waals surface area contributed by atoms with Crippen molar-refractivity contribution >= 4 is 35.8 Å². The Morgan fingerprint density at radius 1 is 1.25 bits per heavy atom. The van der Waals surface area contributed by atoms with Gasteiger partial charge in [-0.1, -0.05) is 15.9 Å². The molecule has 9 heteroatoms. The van der Waals surface area contributed by atoms with Crippen molar-refractivity contribution in [1.82, 2.24) is 4.31 Å². The zero-order valence-corrected chi connectivity index (χ0v) is 16.5. The van der Waals surface area contributed by atoms with Crippen LogP contribution in [0.25, 0.3) is 0 Å². The van der Waals surface area contributed by atoms with E-state index in [0.717, 1.165) is 12.8 Å². The first-order valence-electron chi connectivity index (χ1n) is 7.91. The molecule has 0 radical (unpaired) electrons. The van der Waals surface area contributed by atoms with E-state index in [2.05, 4.69) is 15.9 Å². The van der Waals surface area contributed by atoms with Gasteiger partial charge in [0.05, 0.1) is 18.1 Å². The summed E-state index contributed by atoms with van der Waals surface area (Å²) in [5, 5.41) is 0. The lowest BCUT2D eigenvalue weighted by molar-refractivity contribution is 0.317. The number of ether oxygens (including phenoxy) is 1. The van der Waals surface area contributed by atoms with Gasteiger partial charge in [0.25, 0.3) is 0 Å². The van der Waals surface area contributed by atoms with E-state index in [9.17, 15) is 16.8 Å². The lowest BCUT2D eigenvalue weighted by atomic mass is 10.2. The van der Waals surface area contributed by atoms with Crippen molar-refractivity contribution in [1.29, 1.82) is 0 Å². The molecule has 3 rings (SSSR count). The van der Waals surface area contributed by atoms with E-state index in [0.29, 0.717) is 23.2 Å². The third-order valence-electron chi connectivity index (χ3n) is 4.24. The van der Waals surface area contributed by atoms with Gasteiger partial charge in [-0.05, 0) is 44.4 Å². The minimum atomic E-state index is -3.83. The van der Waals surface area contributed by atoms with E-state index < -0.39 is 25.9 Å². The molecule has 2 aliphatic rings. The molecule has 0 bridgehead atoms. The number of sulfonamides is 1. The van der Waals surface area contributed by atoms with Crippen LogP contribution in [0.15, 0.2) is 27.6 Å². The Labute approximate surface area is 151 Å². The van der Waals surface area contributed by atoms with E-state index in [1.54, 1.807) is 19.1 Å². The van der Waals surface area contributed by atoms with Crippen LogP contribution >= 0.6 is 15.9 Å². The second-order valence-corrected chi connectivity index (χ2v) is 11.1. The number of halogens is 1. The molecule has 6 nitrogen and oxygen atoms in total. The molecule has 1 saturated carbocycles. The van der Waals surface area contributed by atoms with Crippen LogP contribution < -0.4 is 4.74 Å². The van der Waals surface area contributed by atoms with Crippen molar-refractivity contribution in [2.24, 2.45) is 0 Å². The molecule has 0 N–H and O–H groups in total. The maximum atomic E-state index is 13.3. The van der Waals surface area contributed by atoms with Crippen LogP contribution in [0.2, 0.25) is 0 Å². The van der Waals surface area contributed by atoms with Crippen molar-refractivity contribution in [3.8, 4) is 5.75 Å². The Kier molecular flexibility index (Phi) is 4.98. The fourth-order valence-electron chi connectivity index (χ4n) is 3.07. The molecule has 1 atom stereocenters. The molecular weight excluding hydrogens is 418 g/mol. The number of hydrogen-bond donors (Lipinski definition) is 0. The minimum absolute atomic E-state index is 0.0488. The van der Waals surface area contributed by atoms with Crippen molar-refractivity contribution in [3.63, 3.8) is 0 Å². The first-order chi connectivity index (χ1) is 11.2. The second-order valence-electron chi connectivity index (χ2n) is 6.15. The van der Waals surface area contributed by atoms with Crippen LogP contribution in [-0.4, -0.2) is 51.3 Å². The van der Waals surface area contributed by atoms with Crippen molar-refractivity contribution < 1.29 is 21.6 Å². The van der Waals surface area contributed by atoms with Crippen LogP contribution in [0.3, 0.4) is 0 Å². The molecule has 1 saturated heterocycles. The maximum Gasteiger partial charge on any atom is 0.247 e. The lowest BCUT2D eigenvalue weighted by Gasteiger charge is -2.28. The van der Waals surface area contributed by atoms with Gasteiger partial charge in [0.15, 0.2) is 9.84 Å². The topological polar surface area (TPSA) is 80.8 Å². The van der Waals surface area contributed by atoms with Gasteiger partial charge in [0.2, 0.25) is 10.0 Å². The highest BCUT2D eigenvalue weighted by Gasteiger charge is 2.47. The molecule has 0 aromatic heterocycles. The number of sulfone groups is 1. The van der Waals surface area contributed by atoms with Gasteiger partial charge in [-0.3, -0.25) is 0 Å². The molecule has 24 heavy (non-hydrogen) atoms. The van der Waals surface area contributed by atoms with Gasteiger partial charge >= 0.3 is 0 Å². The number of rotatable bonds is 6. The van der Waals surface area contributed by atoms with Gasteiger partial charge in [-0.25, -0.2) is 16.8 Å². The molecule has 1 aromatic rings. The smallest absolute Gasteiger partial charge is 0.247 e. The van der Waals surface area contributed by atoms with Gasteiger partial charge in [-0.2, -0.15) is 4.31 Å². The summed E-state index contributed by atoms with van der Waals surface area (Å²) >= 11 is 3.31. The summed E-state index contributed by atoms with van der Waals surface area (Å²) in [7, 11) is -7.00. The molecule has 0 amide bonds. The largest absolute Gasteiger partial charge is 0.492 e. The summed E-state index contributed by atoms with van der Waals surface area (Å²) in [6.45, 7) is 2.14. The second kappa shape index (κ2) is 6.59. The Balaban J connectivity index is 2.03. The van der Waals surface area contributed by atoms with E-state index in [1.807, 2.05) is 0 Å². The molecule has 2 fully saturated rings. The molecule has 1 unspecified atom stereocenters. The fourth-order valence-corrected chi connectivity index (χ4v) is 7.45. The highest BCUT2D eigenvalue weighted by Crippen LogP contribution is 2.39. The molecule has 134 valence electrons. The standard InChI is InChI=1S/C15H20BrNO5S2/c1-2-22-14-6-3-11(16)9-15(14)24(20,21)17(12-4-5-12)13-7-8-23(18,19)10-13/h3,6,9,12-13H,2,4-5,7-8,10H2,1H3. The summed E-state index contributed by atoms with van der Waals surface area (Å²) in [6.07, 6.45) is 1.90. The predicted molar refractivity (Wildman–Crippen MR) is 94.4 cm³/mol. The Hall–Kier alpha value is -0.640. The summed E-state index contributed by atoms with van der Waals surface area (Å²) in [6, 6.07) is 4.28. The van der Waals surface area contributed by atoms with Crippen molar-refractivity contribution in [3.05, 3.63) is 22.7 Å². The van der Waals surface area contributed by atoms with Crippen molar-refractivity contribution in [2.75, 3.05) is 18.1 Å². The monoisotopic (exact) mass is 437 g/mol. The van der Waals surface area contributed by atoms with Crippen LogP contribution in [0.5, 0.6) is 5.75 Å². The molecule has 1 aliphatic carbocycles. The molecule has 1 aliphatic heterocycles. The zero-order chi connectivity index (χ0) is 17.5. The highest BCUT2D eigenvalue weighted by molar-refractivity contribution is 9.10. The average molecular weight is 438 g/mol. The first kappa shape index (κ1) is 18.2. The van der Waals surface area contributed by atoms with E-state index in [1.165, 1.54) is 10.4 Å². The Morgan fingerprint density at radius 2 is 1.96 bits per heavy atom. The quantitative estimate of drug-likeness (QED) is 0.680. The number of benzene rings is 1. The zero-order valence-electron chi connectivity index (χ0n) is 13.3. The van der Waals surface area contributed by atoms with E-state index in [4.69, 9.17) is 4.74 Å². The maximum absolute atomic E-state index is 13.3. The number of nitrogens with zero attached hydrogens (tertiary/aromatic N) is 1.